The molecular weight excluding hydrogens is 433 g/mol. The fourth-order valence-electron chi connectivity index (χ4n) is 3.37. The Hall–Kier alpha value is -3.46. The van der Waals surface area contributed by atoms with Gasteiger partial charge >= 0.3 is 0 Å². The number of benzene rings is 2. The molecule has 1 aromatic heterocycles. The summed E-state index contributed by atoms with van der Waals surface area (Å²) in [6.45, 7) is 0.603. The van der Waals surface area contributed by atoms with Crippen LogP contribution in [0.25, 0.3) is 11.3 Å². The number of anilines is 1. The third kappa shape index (κ3) is 5.05. The number of sulfonamides is 1. The van der Waals surface area contributed by atoms with Crippen molar-refractivity contribution >= 4 is 27.5 Å². The molecule has 2 heterocycles. The summed E-state index contributed by atoms with van der Waals surface area (Å²) in [5, 5.41) is 2.61. The standard InChI is InChI=1S/C23H22FN3O4S/c24-19-10-4-3-9-18(19)20-12-13-21(31-20)23(28)26-16-7-6-8-17(15-16)32(29,30)27-22-11-2-1-5-14-25-22/h3-4,6-10,12-13,15H,1-2,5,11,14H2,(H,25,27)(H,26,28). The van der Waals surface area contributed by atoms with Gasteiger partial charge in [-0.3, -0.25) is 14.5 Å². The average molecular weight is 456 g/mol. The van der Waals surface area contributed by atoms with Crippen LogP contribution < -0.4 is 10.0 Å². The molecule has 0 radical (unpaired) electrons. The molecule has 4 rings (SSSR count). The van der Waals surface area contributed by atoms with Crippen molar-refractivity contribution in [1.82, 2.24) is 4.72 Å². The number of aliphatic imine (C=N–C) groups is 1. The van der Waals surface area contributed by atoms with Gasteiger partial charge in [-0.2, -0.15) is 0 Å². The third-order valence-corrected chi connectivity index (χ3v) is 6.38. The molecule has 0 spiro atoms. The van der Waals surface area contributed by atoms with E-state index in [1.807, 2.05) is 0 Å². The minimum atomic E-state index is -3.83. The first kappa shape index (κ1) is 21.8. The molecule has 0 fully saturated rings. The lowest BCUT2D eigenvalue weighted by molar-refractivity contribution is 0.0997. The van der Waals surface area contributed by atoms with Crippen LogP contribution in [0, 0.1) is 5.82 Å². The first-order valence-electron chi connectivity index (χ1n) is 10.2. The number of carbonyl (C=O) groups excluding carboxylic acids is 1. The van der Waals surface area contributed by atoms with E-state index in [2.05, 4.69) is 15.0 Å². The molecule has 0 saturated heterocycles. The molecule has 0 aliphatic carbocycles. The monoisotopic (exact) mass is 455 g/mol. The predicted octanol–water partition coefficient (Wildman–Crippen LogP) is 4.59. The predicted molar refractivity (Wildman–Crippen MR) is 120 cm³/mol. The fourth-order valence-corrected chi connectivity index (χ4v) is 4.51. The van der Waals surface area contributed by atoms with Crippen LogP contribution in [-0.4, -0.2) is 26.7 Å². The van der Waals surface area contributed by atoms with E-state index in [4.69, 9.17) is 4.42 Å². The molecule has 2 aromatic carbocycles. The second kappa shape index (κ2) is 9.35. The van der Waals surface area contributed by atoms with E-state index in [0.717, 1.165) is 19.3 Å². The number of furan rings is 1. The van der Waals surface area contributed by atoms with Gasteiger partial charge in [0, 0.05) is 18.7 Å². The molecule has 7 nitrogen and oxygen atoms in total. The second-order valence-corrected chi connectivity index (χ2v) is 9.05. The Bertz CT molecular complexity index is 1270. The summed E-state index contributed by atoms with van der Waals surface area (Å²) in [6, 6.07) is 14.9. The number of hydrogen-bond donors (Lipinski definition) is 2. The van der Waals surface area contributed by atoms with Crippen molar-refractivity contribution in [3.8, 4) is 11.3 Å². The molecule has 3 aromatic rings. The molecule has 2 N–H and O–H groups in total. The highest BCUT2D eigenvalue weighted by molar-refractivity contribution is 7.90. The average Bonchev–Trinajstić information content (AvgIpc) is 3.13. The normalized spacial score (nSPS) is 14.3. The molecule has 32 heavy (non-hydrogen) atoms. The van der Waals surface area contributed by atoms with Gasteiger partial charge in [0.15, 0.2) is 5.76 Å². The van der Waals surface area contributed by atoms with Gasteiger partial charge in [-0.05, 0) is 55.3 Å². The Labute approximate surface area is 185 Å². The van der Waals surface area contributed by atoms with Crippen LogP contribution in [0.2, 0.25) is 0 Å². The van der Waals surface area contributed by atoms with Crippen LogP contribution in [0.4, 0.5) is 10.1 Å². The van der Waals surface area contributed by atoms with Gasteiger partial charge in [0.1, 0.15) is 17.4 Å². The zero-order valence-corrected chi connectivity index (χ0v) is 18.0. The highest BCUT2D eigenvalue weighted by atomic mass is 32.2. The van der Waals surface area contributed by atoms with Crippen LogP contribution in [0.5, 0.6) is 0 Å². The summed E-state index contributed by atoms with van der Waals surface area (Å²) >= 11 is 0. The van der Waals surface area contributed by atoms with E-state index in [0.29, 0.717) is 18.8 Å². The number of nitrogens with one attached hydrogen (secondary N) is 2. The molecule has 1 aliphatic heterocycles. The first-order chi connectivity index (χ1) is 15.4. The number of nitrogens with zero attached hydrogens (tertiary/aromatic N) is 1. The number of hydrogen-bond acceptors (Lipinski definition) is 5. The summed E-state index contributed by atoms with van der Waals surface area (Å²) in [7, 11) is -3.83. The van der Waals surface area contributed by atoms with Crippen molar-refractivity contribution in [2.45, 2.75) is 30.6 Å². The minimum absolute atomic E-state index is 0.00809. The largest absolute Gasteiger partial charge is 0.451 e. The number of carbonyl (C=O) groups is 1. The maximum Gasteiger partial charge on any atom is 0.291 e. The van der Waals surface area contributed by atoms with Gasteiger partial charge < -0.3 is 9.73 Å². The van der Waals surface area contributed by atoms with Crippen LogP contribution in [0.3, 0.4) is 0 Å². The van der Waals surface area contributed by atoms with Crippen LogP contribution in [0.15, 0.2) is 75.0 Å². The van der Waals surface area contributed by atoms with Crippen molar-refractivity contribution in [2.75, 3.05) is 11.9 Å². The SMILES string of the molecule is O=C(Nc1cccc(S(=O)(=O)NC2=NCCCCC2)c1)c1ccc(-c2ccccc2F)o1. The van der Waals surface area contributed by atoms with Gasteiger partial charge in [-0.15, -0.1) is 0 Å². The van der Waals surface area contributed by atoms with E-state index >= 15 is 0 Å². The third-order valence-electron chi connectivity index (χ3n) is 5.00. The Balaban J connectivity index is 1.49. The topological polar surface area (TPSA) is 101 Å². The highest BCUT2D eigenvalue weighted by Crippen LogP contribution is 2.25. The number of rotatable bonds is 5. The number of amidine groups is 1. The number of halogens is 1. The summed E-state index contributed by atoms with van der Waals surface area (Å²) < 4.78 is 47.5. The summed E-state index contributed by atoms with van der Waals surface area (Å²) in [6.07, 6.45) is 3.42. The molecule has 9 heteroatoms. The maximum absolute atomic E-state index is 13.9. The van der Waals surface area contributed by atoms with Gasteiger partial charge in [0.05, 0.1) is 10.5 Å². The zero-order valence-electron chi connectivity index (χ0n) is 17.2. The van der Waals surface area contributed by atoms with Gasteiger partial charge in [0.2, 0.25) is 0 Å². The van der Waals surface area contributed by atoms with Crippen molar-refractivity contribution in [3.05, 3.63) is 72.2 Å². The Morgan fingerprint density at radius 1 is 1.00 bits per heavy atom. The van der Waals surface area contributed by atoms with Crippen LogP contribution in [-0.2, 0) is 10.0 Å². The second-order valence-electron chi connectivity index (χ2n) is 7.37. The minimum Gasteiger partial charge on any atom is -0.451 e. The fraction of sp³-hybridized carbons (Fsp3) is 0.217. The molecule has 0 unspecified atom stereocenters. The number of amides is 1. The summed E-state index contributed by atoms with van der Waals surface area (Å²) in [5.41, 5.74) is 0.525. The van der Waals surface area contributed by atoms with E-state index < -0.39 is 21.7 Å². The quantitative estimate of drug-likeness (QED) is 0.588. The highest BCUT2D eigenvalue weighted by Gasteiger charge is 2.19. The van der Waals surface area contributed by atoms with Crippen LogP contribution >= 0.6 is 0 Å². The van der Waals surface area contributed by atoms with Crippen molar-refractivity contribution in [3.63, 3.8) is 0 Å². The molecule has 166 valence electrons. The molecule has 0 bridgehead atoms. The lowest BCUT2D eigenvalue weighted by atomic mass is 10.1. The summed E-state index contributed by atoms with van der Waals surface area (Å²) in [5.74, 6) is -0.394. The smallest absolute Gasteiger partial charge is 0.291 e. The zero-order chi connectivity index (χ0) is 22.6. The molecular formula is C23H22FN3O4S. The lowest BCUT2D eigenvalue weighted by Gasteiger charge is -2.11. The van der Waals surface area contributed by atoms with Gasteiger partial charge in [0.25, 0.3) is 15.9 Å². The van der Waals surface area contributed by atoms with Crippen LogP contribution in [0.1, 0.15) is 36.2 Å². The maximum atomic E-state index is 13.9. The Morgan fingerprint density at radius 3 is 2.69 bits per heavy atom. The van der Waals surface area contributed by atoms with E-state index in [1.165, 1.54) is 36.4 Å². The van der Waals surface area contributed by atoms with Crippen molar-refractivity contribution in [2.24, 2.45) is 4.99 Å². The first-order valence-corrected chi connectivity index (χ1v) is 11.7. The van der Waals surface area contributed by atoms with E-state index in [1.54, 1.807) is 24.3 Å². The van der Waals surface area contributed by atoms with E-state index in [9.17, 15) is 17.6 Å². The Kier molecular flexibility index (Phi) is 6.36. The molecule has 0 atom stereocenters. The van der Waals surface area contributed by atoms with Gasteiger partial charge in [-0.1, -0.05) is 24.6 Å². The summed E-state index contributed by atoms with van der Waals surface area (Å²) in [4.78, 5) is 16.9. The van der Waals surface area contributed by atoms with Crippen molar-refractivity contribution in [1.29, 1.82) is 0 Å². The molecule has 1 amide bonds. The Morgan fingerprint density at radius 2 is 1.84 bits per heavy atom. The van der Waals surface area contributed by atoms with E-state index in [-0.39, 0.29) is 27.7 Å². The van der Waals surface area contributed by atoms with Crippen molar-refractivity contribution < 1.29 is 22.0 Å². The lowest BCUT2D eigenvalue weighted by Crippen LogP contribution is -2.30. The van der Waals surface area contributed by atoms with Gasteiger partial charge in [-0.25, -0.2) is 12.8 Å². The molecule has 0 saturated carbocycles. The molecule has 1 aliphatic rings.